The molecule has 0 N–H and O–H groups in total. The average molecular weight is 333 g/mol. The van der Waals surface area contributed by atoms with Crippen molar-refractivity contribution in [3.8, 4) is 0 Å². The number of fused-ring (bicyclic) bond motifs is 1. The van der Waals surface area contributed by atoms with Gasteiger partial charge in [0.1, 0.15) is 5.82 Å². The summed E-state index contributed by atoms with van der Waals surface area (Å²) >= 11 is 1.60. The molecule has 0 amide bonds. The Labute approximate surface area is 140 Å². The zero-order valence-electron chi connectivity index (χ0n) is 13.3. The van der Waals surface area contributed by atoms with Gasteiger partial charge < -0.3 is 14.4 Å². The van der Waals surface area contributed by atoms with Gasteiger partial charge in [-0.1, -0.05) is 12.1 Å². The number of ether oxygens (including phenoxy) is 2. The van der Waals surface area contributed by atoms with Gasteiger partial charge in [-0.25, -0.2) is 0 Å². The number of piperazine rings is 1. The normalized spacial score (nSPS) is 21.7. The Morgan fingerprint density at radius 1 is 1.04 bits per heavy atom. The van der Waals surface area contributed by atoms with Crippen molar-refractivity contribution in [3.05, 3.63) is 24.3 Å². The molecular weight excluding hydrogens is 310 g/mol. The minimum absolute atomic E-state index is 0.504. The molecule has 0 atom stereocenters. The molecule has 1 aromatic carbocycles. The second-order valence-electron chi connectivity index (χ2n) is 6.31. The number of rotatable bonds is 3. The highest BCUT2D eigenvalue weighted by Crippen LogP contribution is 2.29. The quantitative estimate of drug-likeness (QED) is 0.860. The van der Waals surface area contributed by atoms with Crippen molar-refractivity contribution >= 4 is 27.4 Å². The van der Waals surface area contributed by atoms with Crippen molar-refractivity contribution in [2.45, 2.75) is 0 Å². The lowest BCUT2D eigenvalue weighted by Gasteiger charge is -2.36. The summed E-state index contributed by atoms with van der Waals surface area (Å²) in [5.41, 5.74) is 0. The molecule has 6 heteroatoms. The highest BCUT2D eigenvalue weighted by molar-refractivity contribution is 7.13. The fraction of sp³-hybridized carbons (Fsp3) is 0.588. The first-order valence-electron chi connectivity index (χ1n) is 8.37. The second kappa shape index (κ2) is 7.13. The van der Waals surface area contributed by atoms with E-state index in [-0.39, 0.29) is 0 Å². The average Bonchev–Trinajstić information content (AvgIpc) is 2.86. The Morgan fingerprint density at radius 3 is 2.57 bits per heavy atom. The van der Waals surface area contributed by atoms with Crippen molar-refractivity contribution < 1.29 is 9.47 Å². The number of anilines is 1. The van der Waals surface area contributed by atoms with Crippen LogP contribution in [0.5, 0.6) is 0 Å². The minimum Gasteiger partial charge on any atom is -0.379 e. The molecule has 2 aliphatic heterocycles. The van der Waals surface area contributed by atoms with Crippen LogP contribution in [0.25, 0.3) is 10.1 Å². The van der Waals surface area contributed by atoms with Gasteiger partial charge in [0, 0.05) is 44.0 Å². The molecule has 0 radical (unpaired) electrons. The fourth-order valence-electron chi connectivity index (χ4n) is 3.38. The lowest BCUT2D eigenvalue weighted by molar-refractivity contribution is 0.102. The molecule has 1 aromatic heterocycles. The summed E-state index contributed by atoms with van der Waals surface area (Å²) in [7, 11) is 0. The van der Waals surface area contributed by atoms with E-state index in [4.69, 9.17) is 9.47 Å². The Balaban J connectivity index is 1.35. The van der Waals surface area contributed by atoms with E-state index in [1.54, 1.807) is 11.5 Å². The van der Waals surface area contributed by atoms with E-state index < -0.39 is 0 Å². The van der Waals surface area contributed by atoms with Crippen LogP contribution in [-0.2, 0) is 9.47 Å². The monoisotopic (exact) mass is 333 g/mol. The van der Waals surface area contributed by atoms with Crippen LogP contribution in [0.4, 0.5) is 5.82 Å². The van der Waals surface area contributed by atoms with Crippen molar-refractivity contribution in [2.24, 2.45) is 5.92 Å². The molecule has 0 spiro atoms. The fourth-order valence-corrected chi connectivity index (χ4v) is 4.18. The molecule has 2 fully saturated rings. The lowest BCUT2D eigenvalue weighted by atomic mass is 10.1. The van der Waals surface area contributed by atoms with Gasteiger partial charge in [0.25, 0.3) is 0 Å². The molecule has 0 unspecified atom stereocenters. The van der Waals surface area contributed by atoms with Crippen LogP contribution >= 0.6 is 11.5 Å². The zero-order chi connectivity index (χ0) is 15.5. The predicted molar refractivity (Wildman–Crippen MR) is 93.4 cm³/mol. The molecule has 124 valence electrons. The summed E-state index contributed by atoms with van der Waals surface area (Å²) in [5, 5.41) is 1.29. The summed E-state index contributed by atoms with van der Waals surface area (Å²) < 4.78 is 17.2. The van der Waals surface area contributed by atoms with Gasteiger partial charge in [0.2, 0.25) is 0 Å². The molecule has 2 aliphatic rings. The number of hydrogen-bond acceptors (Lipinski definition) is 6. The number of nitrogens with zero attached hydrogens (tertiary/aromatic N) is 3. The molecule has 3 heterocycles. The van der Waals surface area contributed by atoms with Gasteiger partial charge in [0.15, 0.2) is 0 Å². The SMILES string of the molecule is c1ccc2c(N3CCN(CC4COCCOC4)CC3)nsc2c1. The summed E-state index contributed by atoms with van der Waals surface area (Å²) in [6, 6.07) is 8.52. The molecule has 5 nitrogen and oxygen atoms in total. The first-order chi connectivity index (χ1) is 11.4. The number of aromatic nitrogens is 1. The third-order valence-corrected chi connectivity index (χ3v) is 5.44. The second-order valence-corrected chi connectivity index (χ2v) is 7.11. The Morgan fingerprint density at radius 2 is 1.78 bits per heavy atom. The highest BCUT2D eigenvalue weighted by Gasteiger charge is 2.23. The van der Waals surface area contributed by atoms with Gasteiger partial charge in [-0.2, -0.15) is 4.37 Å². The van der Waals surface area contributed by atoms with Crippen LogP contribution in [0.3, 0.4) is 0 Å². The third kappa shape index (κ3) is 3.50. The van der Waals surface area contributed by atoms with Gasteiger partial charge in [-0.05, 0) is 23.7 Å². The highest BCUT2D eigenvalue weighted by atomic mass is 32.1. The predicted octanol–water partition coefficient (Wildman–Crippen LogP) is 2.08. The lowest BCUT2D eigenvalue weighted by Crippen LogP contribution is -2.48. The van der Waals surface area contributed by atoms with Crippen LogP contribution < -0.4 is 4.90 Å². The summed E-state index contributed by atoms with van der Waals surface area (Å²) in [5.74, 6) is 1.66. The van der Waals surface area contributed by atoms with Gasteiger partial charge in [-0.3, -0.25) is 4.90 Å². The Bertz CT molecular complexity index is 632. The summed E-state index contributed by atoms with van der Waals surface area (Å²) in [4.78, 5) is 4.96. The Kier molecular flexibility index (Phi) is 4.75. The molecule has 0 saturated carbocycles. The van der Waals surface area contributed by atoms with E-state index in [0.717, 1.165) is 65.0 Å². The topological polar surface area (TPSA) is 37.8 Å². The first kappa shape index (κ1) is 15.3. The molecule has 2 aromatic rings. The van der Waals surface area contributed by atoms with Crippen LogP contribution in [0.15, 0.2) is 24.3 Å². The maximum atomic E-state index is 5.61. The molecule has 2 saturated heterocycles. The molecule has 0 aliphatic carbocycles. The number of benzene rings is 1. The van der Waals surface area contributed by atoms with E-state index >= 15 is 0 Å². The standard InChI is InChI=1S/C17H23N3O2S/c1-2-4-16-15(3-1)17(18-23-16)20-7-5-19(6-8-20)11-14-12-21-9-10-22-13-14/h1-4,14H,5-13H2. The van der Waals surface area contributed by atoms with Gasteiger partial charge in [0.05, 0.1) is 31.1 Å². The van der Waals surface area contributed by atoms with Crippen molar-refractivity contribution in [1.82, 2.24) is 9.27 Å². The van der Waals surface area contributed by atoms with E-state index in [1.807, 2.05) is 0 Å². The zero-order valence-corrected chi connectivity index (χ0v) is 14.1. The van der Waals surface area contributed by atoms with E-state index in [1.165, 1.54) is 10.1 Å². The first-order valence-corrected chi connectivity index (χ1v) is 9.15. The molecule has 4 rings (SSSR count). The summed E-state index contributed by atoms with van der Waals surface area (Å²) in [6.45, 7) is 8.47. The molecule has 23 heavy (non-hydrogen) atoms. The van der Waals surface area contributed by atoms with Crippen molar-refractivity contribution in [2.75, 3.05) is 64.1 Å². The summed E-state index contributed by atoms with van der Waals surface area (Å²) in [6.07, 6.45) is 0. The number of hydrogen-bond donors (Lipinski definition) is 0. The van der Waals surface area contributed by atoms with Crippen molar-refractivity contribution in [1.29, 1.82) is 0 Å². The van der Waals surface area contributed by atoms with E-state index in [0.29, 0.717) is 5.92 Å². The van der Waals surface area contributed by atoms with Gasteiger partial charge in [-0.15, -0.1) is 0 Å². The van der Waals surface area contributed by atoms with E-state index in [9.17, 15) is 0 Å². The van der Waals surface area contributed by atoms with Gasteiger partial charge >= 0.3 is 0 Å². The van der Waals surface area contributed by atoms with Crippen molar-refractivity contribution in [3.63, 3.8) is 0 Å². The maximum absolute atomic E-state index is 5.61. The maximum Gasteiger partial charge on any atom is 0.150 e. The largest absolute Gasteiger partial charge is 0.379 e. The molecule has 0 bridgehead atoms. The Hall–Kier alpha value is -1.21. The van der Waals surface area contributed by atoms with Crippen LogP contribution in [0.1, 0.15) is 0 Å². The third-order valence-electron chi connectivity index (χ3n) is 4.63. The van der Waals surface area contributed by atoms with E-state index in [2.05, 4.69) is 38.4 Å². The minimum atomic E-state index is 0.504. The molecular formula is C17H23N3O2S. The van der Waals surface area contributed by atoms with Crippen LogP contribution in [0.2, 0.25) is 0 Å². The van der Waals surface area contributed by atoms with Crippen LogP contribution in [-0.4, -0.2) is 68.4 Å². The smallest absolute Gasteiger partial charge is 0.150 e. The van der Waals surface area contributed by atoms with Crippen LogP contribution in [0, 0.1) is 5.92 Å².